The Hall–Kier alpha value is -1.96. The molecule has 104 valence electrons. The maximum atomic E-state index is 11.1. The summed E-state index contributed by atoms with van der Waals surface area (Å²) in [5, 5.41) is 14.2. The summed E-state index contributed by atoms with van der Waals surface area (Å²) in [6.45, 7) is 4.68. The summed E-state index contributed by atoms with van der Waals surface area (Å²) in [5.74, 6) is 0.175. The number of nitrogens with two attached hydrogens (primary N) is 1. The van der Waals surface area contributed by atoms with Gasteiger partial charge in [-0.3, -0.25) is 10.1 Å². The summed E-state index contributed by atoms with van der Waals surface area (Å²) in [7, 11) is 0. The lowest BCUT2D eigenvalue weighted by Crippen LogP contribution is -2.43. The maximum absolute atomic E-state index is 11.1. The van der Waals surface area contributed by atoms with Crippen molar-refractivity contribution in [3.8, 4) is 0 Å². The molecule has 1 aliphatic rings. The van der Waals surface area contributed by atoms with E-state index in [9.17, 15) is 10.1 Å². The molecule has 0 bridgehead atoms. The maximum Gasteiger partial charge on any atom is 0.332 e. The molecule has 8 nitrogen and oxygen atoms in total. The normalized spacial score (nSPS) is 23.1. The van der Waals surface area contributed by atoms with Crippen LogP contribution in [0.2, 0.25) is 0 Å². The number of ether oxygens (including phenoxy) is 1. The van der Waals surface area contributed by atoms with Crippen molar-refractivity contribution in [3.63, 3.8) is 0 Å². The Kier molecular flexibility index (Phi) is 3.52. The Labute approximate surface area is 110 Å². The second-order valence-electron chi connectivity index (χ2n) is 4.96. The molecule has 0 aliphatic carbocycles. The van der Waals surface area contributed by atoms with Gasteiger partial charge in [-0.05, 0) is 26.7 Å². The minimum absolute atomic E-state index is 0.0194. The van der Waals surface area contributed by atoms with Crippen LogP contribution in [-0.2, 0) is 4.74 Å². The van der Waals surface area contributed by atoms with Crippen LogP contribution in [0.15, 0.2) is 0 Å². The predicted molar refractivity (Wildman–Crippen MR) is 69.9 cm³/mol. The van der Waals surface area contributed by atoms with E-state index in [1.54, 1.807) is 6.92 Å². The lowest BCUT2D eigenvalue weighted by molar-refractivity contribution is -0.385. The first-order valence-electron chi connectivity index (χ1n) is 6.06. The summed E-state index contributed by atoms with van der Waals surface area (Å²) in [5.41, 5.74) is 5.29. The molecule has 1 aromatic heterocycles. The Morgan fingerprint density at radius 1 is 1.53 bits per heavy atom. The summed E-state index contributed by atoms with van der Waals surface area (Å²) < 4.78 is 5.41. The van der Waals surface area contributed by atoms with Gasteiger partial charge in [-0.15, -0.1) is 0 Å². The van der Waals surface area contributed by atoms with Crippen molar-refractivity contribution in [2.75, 3.05) is 24.3 Å². The van der Waals surface area contributed by atoms with Crippen LogP contribution < -0.4 is 11.1 Å². The van der Waals surface area contributed by atoms with Gasteiger partial charge in [-0.1, -0.05) is 0 Å². The third-order valence-corrected chi connectivity index (χ3v) is 3.12. The smallest absolute Gasteiger partial charge is 0.332 e. The van der Waals surface area contributed by atoms with Crippen LogP contribution in [0.1, 0.15) is 25.5 Å². The lowest BCUT2D eigenvalue weighted by atomic mass is 9.95. The molecule has 1 aliphatic heterocycles. The fraction of sp³-hybridized carbons (Fsp3) is 0.636. The highest BCUT2D eigenvalue weighted by Gasteiger charge is 2.32. The SMILES string of the molecule is Cc1nc(N)nc(NC2(C)CCCOC2)c1[N+](=O)[O-]. The van der Waals surface area contributed by atoms with E-state index >= 15 is 0 Å². The molecule has 0 saturated carbocycles. The molecule has 19 heavy (non-hydrogen) atoms. The molecule has 8 heteroatoms. The van der Waals surface area contributed by atoms with Crippen LogP contribution in [0.4, 0.5) is 17.5 Å². The molecule has 1 atom stereocenters. The fourth-order valence-electron chi connectivity index (χ4n) is 2.21. The van der Waals surface area contributed by atoms with Crippen LogP contribution in [0.5, 0.6) is 0 Å². The first-order chi connectivity index (χ1) is 8.91. The Balaban J connectivity index is 2.35. The molecule has 1 fully saturated rings. The third-order valence-electron chi connectivity index (χ3n) is 3.12. The molecular weight excluding hydrogens is 250 g/mol. The van der Waals surface area contributed by atoms with E-state index in [1.807, 2.05) is 6.92 Å². The highest BCUT2D eigenvalue weighted by molar-refractivity contribution is 5.61. The Morgan fingerprint density at radius 2 is 2.26 bits per heavy atom. The van der Waals surface area contributed by atoms with E-state index < -0.39 is 4.92 Å². The number of anilines is 2. The van der Waals surface area contributed by atoms with E-state index in [1.165, 1.54) is 0 Å². The molecule has 1 saturated heterocycles. The van der Waals surface area contributed by atoms with Crippen LogP contribution >= 0.6 is 0 Å². The van der Waals surface area contributed by atoms with Gasteiger partial charge in [0.2, 0.25) is 11.8 Å². The minimum Gasteiger partial charge on any atom is -0.379 e. The minimum atomic E-state index is -0.496. The molecule has 1 aromatic rings. The van der Waals surface area contributed by atoms with Gasteiger partial charge in [0.05, 0.1) is 17.1 Å². The summed E-state index contributed by atoms with van der Waals surface area (Å²) >= 11 is 0. The predicted octanol–water partition coefficient (Wildman–Crippen LogP) is 1.26. The lowest BCUT2D eigenvalue weighted by Gasteiger charge is -2.34. The van der Waals surface area contributed by atoms with E-state index in [4.69, 9.17) is 10.5 Å². The van der Waals surface area contributed by atoms with Crippen molar-refractivity contribution in [3.05, 3.63) is 15.8 Å². The van der Waals surface area contributed by atoms with Crippen molar-refractivity contribution in [2.24, 2.45) is 0 Å². The average molecular weight is 267 g/mol. The van der Waals surface area contributed by atoms with Crippen LogP contribution in [0.3, 0.4) is 0 Å². The molecule has 3 N–H and O–H groups in total. The second-order valence-corrected chi connectivity index (χ2v) is 4.96. The van der Waals surface area contributed by atoms with Gasteiger partial charge in [-0.2, -0.15) is 4.98 Å². The average Bonchev–Trinajstić information content (AvgIpc) is 2.27. The first-order valence-corrected chi connectivity index (χ1v) is 6.06. The number of hydrogen-bond acceptors (Lipinski definition) is 7. The van der Waals surface area contributed by atoms with E-state index in [2.05, 4.69) is 15.3 Å². The highest BCUT2D eigenvalue weighted by Crippen LogP contribution is 2.31. The molecule has 0 spiro atoms. The molecule has 0 radical (unpaired) electrons. The second kappa shape index (κ2) is 4.96. The summed E-state index contributed by atoms with van der Waals surface area (Å²) in [6, 6.07) is 0. The van der Waals surface area contributed by atoms with Gasteiger partial charge >= 0.3 is 5.69 Å². The molecular formula is C11H17N5O3. The summed E-state index contributed by atoms with van der Waals surface area (Å²) in [6.07, 6.45) is 1.75. The zero-order valence-electron chi connectivity index (χ0n) is 11.0. The molecule has 1 unspecified atom stereocenters. The fourth-order valence-corrected chi connectivity index (χ4v) is 2.21. The standard InChI is InChI=1S/C11H17N5O3/c1-7-8(16(17)18)9(14-10(12)13-7)15-11(2)4-3-5-19-6-11/h3-6H2,1-2H3,(H3,12,13,14,15). The van der Waals surface area contributed by atoms with Crippen molar-refractivity contribution in [1.82, 2.24) is 9.97 Å². The van der Waals surface area contributed by atoms with Gasteiger partial charge in [0.15, 0.2) is 0 Å². The summed E-state index contributed by atoms with van der Waals surface area (Å²) in [4.78, 5) is 18.4. The number of hydrogen-bond donors (Lipinski definition) is 2. The number of aromatic nitrogens is 2. The van der Waals surface area contributed by atoms with Crippen molar-refractivity contribution in [2.45, 2.75) is 32.2 Å². The number of nitrogens with one attached hydrogen (secondary N) is 1. The van der Waals surface area contributed by atoms with Gasteiger partial charge in [-0.25, -0.2) is 4.98 Å². The third kappa shape index (κ3) is 2.90. The van der Waals surface area contributed by atoms with Gasteiger partial charge in [0.1, 0.15) is 5.69 Å². The zero-order valence-corrected chi connectivity index (χ0v) is 11.0. The Morgan fingerprint density at radius 3 is 2.84 bits per heavy atom. The van der Waals surface area contributed by atoms with Crippen LogP contribution in [0.25, 0.3) is 0 Å². The number of nitrogens with zero attached hydrogens (tertiary/aromatic N) is 3. The first kappa shape index (κ1) is 13.5. The highest BCUT2D eigenvalue weighted by atomic mass is 16.6. The van der Waals surface area contributed by atoms with E-state index in [0.29, 0.717) is 13.2 Å². The monoisotopic (exact) mass is 267 g/mol. The number of rotatable bonds is 3. The van der Waals surface area contributed by atoms with Crippen molar-refractivity contribution >= 4 is 17.5 Å². The molecule has 2 rings (SSSR count). The topological polar surface area (TPSA) is 116 Å². The molecule has 0 aromatic carbocycles. The van der Waals surface area contributed by atoms with E-state index in [0.717, 1.165) is 12.8 Å². The van der Waals surface area contributed by atoms with Crippen LogP contribution in [0, 0.1) is 17.0 Å². The molecule has 2 heterocycles. The number of nitrogen functional groups attached to an aromatic ring is 1. The number of aryl methyl sites for hydroxylation is 1. The van der Waals surface area contributed by atoms with Crippen molar-refractivity contribution in [1.29, 1.82) is 0 Å². The van der Waals surface area contributed by atoms with Gasteiger partial charge in [0.25, 0.3) is 0 Å². The van der Waals surface area contributed by atoms with E-state index in [-0.39, 0.29) is 28.7 Å². The number of nitro groups is 1. The van der Waals surface area contributed by atoms with Crippen LogP contribution in [-0.4, -0.2) is 33.6 Å². The van der Waals surface area contributed by atoms with Crippen molar-refractivity contribution < 1.29 is 9.66 Å². The quantitative estimate of drug-likeness (QED) is 0.625. The van der Waals surface area contributed by atoms with Gasteiger partial charge in [0, 0.05) is 6.61 Å². The molecule has 0 amide bonds. The largest absolute Gasteiger partial charge is 0.379 e. The Bertz CT molecular complexity index is 499. The van der Waals surface area contributed by atoms with Gasteiger partial charge < -0.3 is 15.8 Å². The zero-order chi connectivity index (χ0) is 14.0.